The second-order valence-electron chi connectivity index (χ2n) is 2.86. The summed E-state index contributed by atoms with van der Waals surface area (Å²) in [6.07, 6.45) is 0.841. The SMILES string of the molecule is Cc1nc([N+](=O)[O-])cn1CC(O)CI. The number of aliphatic hydroxyl groups is 1. The summed E-state index contributed by atoms with van der Waals surface area (Å²) in [5.74, 6) is 0.365. The van der Waals surface area contributed by atoms with E-state index in [1.54, 1.807) is 11.5 Å². The van der Waals surface area contributed by atoms with Crippen molar-refractivity contribution in [3.63, 3.8) is 0 Å². The molecule has 1 unspecified atom stereocenters. The number of imidazole rings is 1. The number of aryl methyl sites for hydroxylation is 1. The first kappa shape index (κ1) is 11.4. The average Bonchev–Trinajstić information content (AvgIpc) is 2.48. The van der Waals surface area contributed by atoms with Gasteiger partial charge in [-0.05, 0) is 9.91 Å². The topological polar surface area (TPSA) is 81.2 Å². The van der Waals surface area contributed by atoms with E-state index in [0.717, 1.165) is 0 Å². The maximum atomic E-state index is 10.4. The molecule has 0 aliphatic rings. The molecule has 0 aromatic carbocycles. The van der Waals surface area contributed by atoms with Crippen LogP contribution in [0.5, 0.6) is 0 Å². The highest BCUT2D eigenvalue weighted by atomic mass is 127. The van der Waals surface area contributed by atoms with Crippen molar-refractivity contribution in [2.24, 2.45) is 0 Å². The van der Waals surface area contributed by atoms with Crippen molar-refractivity contribution in [2.75, 3.05) is 4.43 Å². The zero-order chi connectivity index (χ0) is 10.7. The lowest BCUT2D eigenvalue weighted by atomic mass is 10.4. The molecule has 0 aliphatic carbocycles. The third-order valence-electron chi connectivity index (χ3n) is 1.74. The molecule has 1 aromatic heterocycles. The van der Waals surface area contributed by atoms with Crippen LogP contribution >= 0.6 is 22.6 Å². The van der Waals surface area contributed by atoms with Crippen LogP contribution in [0.1, 0.15) is 5.82 Å². The van der Waals surface area contributed by atoms with E-state index in [4.69, 9.17) is 0 Å². The molecule has 1 rings (SSSR count). The van der Waals surface area contributed by atoms with Crippen LogP contribution in [0.4, 0.5) is 5.82 Å². The first-order valence-corrected chi connectivity index (χ1v) is 5.49. The Bertz CT molecular complexity index is 339. The summed E-state index contributed by atoms with van der Waals surface area (Å²) >= 11 is 2.05. The van der Waals surface area contributed by atoms with Gasteiger partial charge in [-0.15, -0.1) is 0 Å². The predicted octanol–water partition coefficient (Wildman–Crippen LogP) is 0.896. The van der Waals surface area contributed by atoms with Gasteiger partial charge in [0.05, 0.1) is 12.6 Å². The first-order valence-electron chi connectivity index (χ1n) is 3.96. The number of halogens is 1. The summed E-state index contributed by atoms with van der Waals surface area (Å²) in [4.78, 5) is 13.6. The minimum absolute atomic E-state index is 0.178. The molecule has 6 nitrogen and oxygen atoms in total. The third-order valence-corrected chi connectivity index (χ3v) is 2.75. The average molecular weight is 311 g/mol. The van der Waals surface area contributed by atoms with Gasteiger partial charge < -0.3 is 19.8 Å². The largest absolute Gasteiger partial charge is 0.390 e. The standard InChI is InChI=1S/C7H10IN3O3/c1-5-9-7(11(13)14)4-10(5)3-6(12)2-8/h4,6,12H,2-3H2,1H3. The molecule has 1 N–H and O–H groups in total. The van der Waals surface area contributed by atoms with Crippen LogP contribution in [-0.2, 0) is 6.54 Å². The van der Waals surface area contributed by atoms with Crippen LogP contribution in [-0.4, -0.2) is 30.1 Å². The van der Waals surface area contributed by atoms with Gasteiger partial charge in [0.2, 0.25) is 5.82 Å². The summed E-state index contributed by atoms with van der Waals surface area (Å²) in [5.41, 5.74) is 0. The Kier molecular flexibility index (Phi) is 3.81. The molecule has 0 radical (unpaired) electrons. The van der Waals surface area contributed by atoms with Gasteiger partial charge in [-0.2, -0.15) is 0 Å². The van der Waals surface area contributed by atoms with E-state index in [9.17, 15) is 15.2 Å². The van der Waals surface area contributed by atoms with Crippen LogP contribution in [0.25, 0.3) is 0 Å². The van der Waals surface area contributed by atoms with E-state index in [1.807, 2.05) is 0 Å². The maximum absolute atomic E-state index is 10.4. The summed E-state index contributed by atoms with van der Waals surface area (Å²) in [7, 11) is 0. The quantitative estimate of drug-likeness (QED) is 0.388. The Hall–Kier alpha value is -0.700. The summed E-state index contributed by atoms with van der Waals surface area (Å²) in [6.45, 7) is 2.02. The second kappa shape index (κ2) is 4.69. The van der Waals surface area contributed by atoms with Gasteiger partial charge in [-0.3, -0.25) is 0 Å². The Balaban J connectivity index is 2.82. The fourth-order valence-electron chi connectivity index (χ4n) is 1.04. The highest BCUT2D eigenvalue weighted by Crippen LogP contribution is 2.11. The fourth-order valence-corrected chi connectivity index (χ4v) is 1.32. The van der Waals surface area contributed by atoms with E-state index < -0.39 is 11.0 Å². The smallest absolute Gasteiger partial charge is 0.381 e. The van der Waals surface area contributed by atoms with Crippen molar-refractivity contribution in [3.05, 3.63) is 22.1 Å². The molecule has 0 spiro atoms. The van der Waals surface area contributed by atoms with Crippen molar-refractivity contribution < 1.29 is 10.0 Å². The minimum atomic E-state index is -0.542. The summed E-state index contributed by atoms with van der Waals surface area (Å²) in [5, 5.41) is 19.7. The van der Waals surface area contributed by atoms with Gasteiger partial charge in [-0.1, -0.05) is 22.6 Å². The lowest BCUT2D eigenvalue weighted by molar-refractivity contribution is -0.389. The molecule has 0 fully saturated rings. The molecule has 0 bridgehead atoms. The summed E-state index contributed by atoms with van der Waals surface area (Å²) < 4.78 is 2.17. The number of aliphatic hydroxyl groups excluding tert-OH is 1. The third kappa shape index (κ3) is 2.64. The monoisotopic (exact) mass is 311 g/mol. The van der Waals surface area contributed by atoms with E-state index in [-0.39, 0.29) is 5.82 Å². The Labute approximate surface area is 94.2 Å². The number of aromatic nitrogens is 2. The fraction of sp³-hybridized carbons (Fsp3) is 0.571. The van der Waals surface area contributed by atoms with E-state index in [2.05, 4.69) is 27.6 Å². The van der Waals surface area contributed by atoms with Crippen LogP contribution in [0.15, 0.2) is 6.20 Å². The normalized spacial score (nSPS) is 12.8. The molecule has 1 atom stereocenters. The lowest BCUT2D eigenvalue weighted by Gasteiger charge is -2.06. The van der Waals surface area contributed by atoms with Crippen molar-refractivity contribution in [1.29, 1.82) is 0 Å². The first-order chi connectivity index (χ1) is 6.54. The zero-order valence-corrected chi connectivity index (χ0v) is 9.71. The molecule has 0 saturated carbocycles. The maximum Gasteiger partial charge on any atom is 0.381 e. The van der Waals surface area contributed by atoms with Gasteiger partial charge in [0.1, 0.15) is 6.20 Å². The van der Waals surface area contributed by atoms with Gasteiger partial charge >= 0.3 is 5.82 Å². The molecular formula is C7H10IN3O3. The van der Waals surface area contributed by atoms with Crippen molar-refractivity contribution in [2.45, 2.75) is 19.6 Å². The Morgan fingerprint density at radius 1 is 1.86 bits per heavy atom. The van der Waals surface area contributed by atoms with Crippen LogP contribution in [0.3, 0.4) is 0 Å². The van der Waals surface area contributed by atoms with Gasteiger partial charge in [-0.25, -0.2) is 0 Å². The minimum Gasteiger partial charge on any atom is -0.390 e. The molecule has 1 aromatic rings. The van der Waals surface area contributed by atoms with Crippen molar-refractivity contribution in [1.82, 2.24) is 9.55 Å². The molecule has 78 valence electrons. The molecule has 14 heavy (non-hydrogen) atoms. The van der Waals surface area contributed by atoms with Gasteiger partial charge in [0.25, 0.3) is 0 Å². The van der Waals surface area contributed by atoms with Crippen LogP contribution in [0.2, 0.25) is 0 Å². The Morgan fingerprint density at radius 2 is 2.50 bits per heavy atom. The molecule has 0 amide bonds. The molecule has 1 heterocycles. The lowest BCUT2D eigenvalue weighted by Crippen LogP contribution is -2.17. The number of rotatable bonds is 4. The molecular weight excluding hydrogens is 301 g/mol. The zero-order valence-electron chi connectivity index (χ0n) is 7.55. The van der Waals surface area contributed by atoms with Crippen LogP contribution < -0.4 is 0 Å². The van der Waals surface area contributed by atoms with Crippen molar-refractivity contribution in [3.8, 4) is 0 Å². The highest BCUT2D eigenvalue weighted by molar-refractivity contribution is 14.1. The number of nitro groups is 1. The molecule has 7 heteroatoms. The molecule has 0 saturated heterocycles. The number of nitrogens with zero attached hydrogens (tertiary/aromatic N) is 3. The molecule has 0 aliphatic heterocycles. The van der Waals surface area contributed by atoms with E-state index >= 15 is 0 Å². The van der Waals surface area contributed by atoms with E-state index in [1.165, 1.54) is 6.20 Å². The second-order valence-corrected chi connectivity index (χ2v) is 3.74. The van der Waals surface area contributed by atoms with Crippen LogP contribution in [0, 0.1) is 17.0 Å². The predicted molar refractivity (Wildman–Crippen MR) is 58.5 cm³/mol. The van der Waals surface area contributed by atoms with E-state index in [0.29, 0.717) is 16.8 Å². The highest BCUT2D eigenvalue weighted by Gasteiger charge is 2.16. The number of alkyl halides is 1. The number of hydrogen-bond acceptors (Lipinski definition) is 4. The Morgan fingerprint density at radius 3 is 2.93 bits per heavy atom. The summed E-state index contributed by atoms with van der Waals surface area (Å²) in [6, 6.07) is 0. The van der Waals surface area contributed by atoms with Gasteiger partial charge in [0.15, 0.2) is 0 Å². The van der Waals surface area contributed by atoms with Crippen molar-refractivity contribution >= 4 is 28.4 Å². The number of hydrogen-bond donors (Lipinski definition) is 1. The van der Waals surface area contributed by atoms with Gasteiger partial charge in [0, 0.05) is 11.4 Å².